The molecule has 1 aliphatic carbocycles. The van der Waals surface area contributed by atoms with Gasteiger partial charge in [0.05, 0.1) is 11.5 Å². The zero-order chi connectivity index (χ0) is 15.6. The highest BCUT2D eigenvalue weighted by Crippen LogP contribution is 2.37. The summed E-state index contributed by atoms with van der Waals surface area (Å²) < 4.78 is 38.5. The molecule has 1 aromatic rings. The van der Waals surface area contributed by atoms with Gasteiger partial charge in [0, 0.05) is 10.5 Å². The van der Waals surface area contributed by atoms with Crippen LogP contribution >= 0.6 is 15.9 Å². The van der Waals surface area contributed by atoms with Crippen molar-refractivity contribution >= 4 is 21.8 Å². The topological polar surface area (TPSA) is 29.1 Å². The van der Waals surface area contributed by atoms with Gasteiger partial charge in [-0.1, -0.05) is 11.6 Å². The van der Waals surface area contributed by atoms with Crippen LogP contribution < -0.4 is 5.32 Å². The van der Waals surface area contributed by atoms with Gasteiger partial charge in [-0.2, -0.15) is 13.2 Å². The summed E-state index contributed by atoms with van der Waals surface area (Å²) in [5.74, 6) is -1.46. The minimum atomic E-state index is -4.12. The van der Waals surface area contributed by atoms with Crippen molar-refractivity contribution in [1.82, 2.24) is 5.32 Å². The number of rotatable bonds is 2. The van der Waals surface area contributed by atoms with Crippen molar-refractivity contribution in [3.8, 4) is 0 Å². The Bertz CT molecular complexity index is 522. The van der Waals surface area contributed by atoms with Crippen molar-refractivity contribution in [2.45, 2.75) is 44.8 Å². The SMILES string of the molecule is Cc1ccc(Br)c(C(=O)NC2CCC(C(F)(F)F)CC2)c1. The molecule has 0 radical (unpaired) electrons. The summed E-state index contributed by atoms with van der Waals surface area (Å²) in [5, 5.41) is 2.84. The van der Waals surface area contributed by atoms with E-state index in [4.69, 9.17) is 0 Å². The first-order valence-corrected chi connectivity index (χ1v) is 7.70. The van der Waals surface area contributed by atoms with Crippen LogP contribution in [0.2, 0.25) is 0 Å². The minimum Gasteiger partial charge on any atom is -0.349 e. The first kappa shape index (κ1) is 16.3. The molecule has 0 heterocycles. The van der Waals surface area contributed by atoms with Crippen LogP contribution in [0.5, 0.6) is 0 Å². The van der Waals surface area contributed by atoms with E-state index in [1.54, 1.807) is 12.1 Å². The normalized spacial score (nSPS) is 22.9. The lowest BCUT2D eigenvalue weighted by atomic mass is 9.85. The number of amides is 1. The summed E-state index contributed by atoms with van der Waals surface area (Å²) >= 11 is 3.32. The van der Waals surface area contributed by atoms with E-state index >= 15 is 0 Å². The van der Waals surface area contributed by atoms with E-state index in [1.807, 2.05) is 13.0 Å². The third-order valence-electron chi connectivity index (χ3n) is 3.89. The molecule has 2 rings (SSSR count). The lowest BCUT2D eigenvalue weighted by Gasteiger charge is -2.30. The molecule has 0 atom stereocenters. The largest absolute Gasteiger partial charge is 0.391 e. The predicted octanol–water partition coefficient (Wildman–Crippen LogP) is 4.61. The van der Waals surface area contributed by atoms with E-state index < -0.39 is 12.1 Å². The van der Waals surface area contributed by atoms with Crippen LogP contribution in [-0.4, -0.2) is 18.1 Å². The van der Waals surface area contributed by atoms with Crippen LogP contribution in [0.3, 0.4) is 0 Å². The van der Waals surface area contributed by atoms with Gasteiger partial charge in [-0.05, 0) is 60.7 Å². The van der Waals surface area contributed by atoms with E-state index in [1.165, 1.54) is 0 Å². The van der Waals surface area contributed by atoms with Gasteiger partial charge in [-0.3, -0.25) is 4.79 Å². The fraction of sp³-hybridized carbons (Fsp3) is 0.533. The lowest BCUT2D eigenvalue weighted by molar-refractivity contribution is -0.182. The van der Waals surface area contributed by atoms with Gasteiger partial charge in [-0.25, -0.2) is 0 Å². The quantitative estimate of drug-likeness (QED) is 0.816. The molecule has 0 unspecified atom stereocenters. The average molecular weight is 364 g/mol. The number of hydrogen-bond donors (Lipinski definition) is 1. The Labute approximate surface area is 130 Å². The molecule has 116 valence electrons. The van der Waals surface area contributed by atoms with Gasteiger partial charge in [-0.15, -0.1) is 0 Å². The van der Waals surface area contributed by atoms with Gasteiger partial charge >= 0.3 is 6.18 Å². The zero-order valence-corrected chi connectivity index (χ0v) is 13.2. The summed E-state index contributed by atoms with van der Waals surface area (Å²) in [5.41, 5.74) is 1.48. The van der Waals surface area contributed by atoms with Crippen LogP contribution in [0.15, 0.2) is 22.7 Å². The molecule has 1 saturated carbocycles. The van der Waals surface area contributed by atoms with E-state index in [0.717, 1.165) is 5.56 Å². The van der Waals surface area contributed by atoms with Gasteiger partial charge in [0.1, 0.15) is 0 Å². The van der Waals surface area contributed by atoms with E-state index in [0.29, 0.717) is 22.9 Å². The van der Waals surface area contributed by atoms with Crippen molar-refractivity contribution in [1.29, 1.82) is 0 Å². The monoisotopic (exact) mass is 363 g/mol. The maximum atomic E-state index is 12.6. The summed E-state index contributed by atoms with van der Waals surface area (Å²) in [6, 6.07) is 5.27. The van der Waals surface area contributed by atoms with E-state index in [-0.39, 0.29) is 24.8 Å². The third-order valence-corrected chi connectivity index (χ3v) is 4.58. The summed E-state index contributed by atoms with van der Waals surface area (Å²) in [7, 11) is 0. The molecule has 1 N–H and O–H groups in total. The number of halogens is 4. The Balaban J connectivity index is 1.94. The van der Waals surface area contributed by atoms with Crippen molar-refractivity contribution in [2.75, 3.05) is 0 Å². The maximum absolute atomic E-state index is 12.6. The first-order valence-electron chi connectivity index (χ1n) is 6.91. The predicted molar refractivity (Wildman–Crippen MR) is 78.1 cm³/mol. The van der Waals surface area contributed by atoms with Crippen LogP contribution in [0.4, 0.5) is 13.2 Å². The van der Waals surface area contributed by atoms with Crippen molar-refractivity contribution in [3.63, 3.8) is 0 Å². The standard InChI is InChI=1S/C15H17BrF3NO/c1-9-2-7-13(16)12(8-9)14(21)20-11-5-3-10(4-6-11)15(17,18)19/h2,7-8,10-11H,3-6H2,1H3,(H,20,21). The number of carbonyl (C=O) groups excluding carboxylic acids is 1. The van der Waals surface area contributed by atoms with Gasteiger partial charge in [0.25, 0.3) is 5.91 Å². The number of carbonyl (C=O) groups is 1. The van der Waals surface area contributed by atoms with Crippen molar-refractivity contribution in [2.24, 2.45) is 5.92 Å². The number of nitrogens with one attached hydrogen (secondary N) is 1. The fourth-order valence-electron chi connectivity index (χ4n) is 2.64. The Kier molecular flexibility index (Phi) is 4.96. The van der Waals surface area contributed by atoms with Crippen LogP contribution in [0.1, 0.15) is 41.6 Å². The Hall–Kier alpha value is -1.04. The molecule has 1 aromatic carbocycles. The molecule has 6 heteroatoms. The molecule has 1 aliphatic rings. The second-order valence-corrected chi connectivity index (χ2v) is 6.40. The molecule has 0 saturated heterocycles. The lowest BCUT2D eigenvalue weighted by Crippen LogP contribution is -2.40. The van der Waals surface area contributed by atoms with Gasteiger partial charge in [0.2, 0.25) is 0 Å². The molecule has 0 aliphatic heterocycles. The highest BCUT2D eigenvalue weighted by Gasteiger charge is 2.41. The Morgan fingerprint density at radius 3 is 2.43 bits per heavy atom. The molecule has 0 aromatic heterocycles. The van der Waals surface area contributed by atoms with E-state index in [2.05, 4.69) is 21.2 Å². The second-order valence-electron chi connectivity index (χ2n) is 5.55. The fourth-order valence-corrected chi connectivity index (χ4v) is 3.07. The molecular formula is C15H17BrF3NO. The molecule has 0 spiro atoms. The number of benzene rings is 1. The molecular weight excluding hydrogens is 347 g/mol. The smallest absolute Gasteiger partial charge is 0.349 e. The molecule has 1 amide bonds. The molecule has 0 bridgehead atoms. The van der Waals surface area contributed by atoms with E-state index in [9.17, 15) is 18.0 Å². The summed E-state index contributed by atoms with van der Waals surface area (Å²) in [6.45, 7) is 1.89. The third kappa shape index (κ3) is 4.22. The average Bonchev–Trinajstić information content (AvgIpc) is 2.41. The summed E-state index contributed by atoms with van der Waals surface area (Å²) in [4.78, 5) is 12.2. The molecule has 2 nitrogen and oxygen atoms in total. The van der Waals surface area contributed by atoms with Crippen molar-refractivity contribution < 1.29 is 18.0 Å². The Morgan fingerprint density at radius 2 is 1.86 bits per heavy atom. The highest BCUT2D eigenvalue weighted by atomic mass is 79.9. The highest BCUT2D eigenvalue weighted by molar-refractivity contribution is 9.10. The number of alkyl halides is 3. The first-order chi connectivity index (χ1) is 9.77. The Morgan fingerprint density at radius 1 is 1.24 bits per heavy atom. The van der Waals surface area contributed by atoms with Crippen molar-refractivity contribution in [3.05, 3.63) is 33.8 Å². The van der Waals surface area contributed by atoms with Gasteiger partial charge in [0.15, 0.2) is 0 Å². The van der Waals surface area contributed by atoms with Crippen LogP contribution in [0.25, 0.3) is 0 Å². The second kappa shape index (κ2) is 6.38. The number of aryl methyl sites for hydroxylation is 1. The maximum Gasteiger partial charge on any atom is 0.391 e. The van der Waals surface area contributed by atoms with Crippen LogP contribution in [0, 0.1) is 12.8 Å². The molecule has 21 heavy (non-hydrogen) atoms. The number of hydrogen-bond acceptors (Lipinski definition) is 1. The van der Waals surface area contributed by atoms with Crippen LogP contribution in [-0.2, 0) is 0 Å². The zero-order valence-electron chi connectivity index (χ0n) is 11.6. The minimum absolute atomic E-state index is 0.0867. The summed E-state index contributed by atoms with van der Waals surface area (Å²) in [6.07, 6.45) is -3.19. The molecule has 1 fully saturated rings. The van der Waals surface area contributed by atoms with Gasteiger partial charge < -0.3 is 5.32 Å².